The van der Waals surface area contributed by atoms with Crippen LogP contribution in [0, 0.1) is 5.82 Å². The van der Waals surface area contributed by atoms with Gasteiger partial charge in [-0.25, -0.2) is 4.39 Å². The van der Waals surface area contributed by atoms with Crippen molar-refractivity contribution in [3.63, 3.8) is 0 Å². The summed E-state index contributed by atoms with van der Waals surface area (Å²) in [5.41, 5.74) is 1.05. The molecule has 0 fully saturated rings. The first-order valence-corrected chi connectivity index (χ1v) is 9.13. The van der Waals surface area contributed by atoms with E-state index in [-0.39, 0.29) is 42.9 Å². The summed E-state index contributed by atoms with van der Waals surface area (Å²) in [6, 6.07) is 7.58. The van der Waals surface area contributed by atoms with Gasteiger partial charge in [0.1, 0.15) is 24.3 Å². The molecular weight excluding hydrogens is 498 g/mol. The van der Waals surface area contributed by atoms with E-state index in [0.29, 0.717) is 29.8 Å². The number of nitrogens with one attached hydrogen (secondary N) is 1. The molecule has 0 aliphatic heterocycles. The molecule has 2 aromatic rings. The summed E-state index contributed by atoms with van der Waals surface area (Å²) < 4.78 is 20.3. The quantitative estimate of drug-likeness (QED) is 0.316. The second kappa shape index (κ2) is 12.1. The number of rotatable bonds is 8. The summed E-state index contributed by atoms with van der Waals surface area (Å²) in [5, 5.41) is 14.0. The average Bonchev–Trinajstić information content (AvgIpc) is 2.95. The standard InChI is InChI=1S/C19H26ClFN4O2.HI/c1-4-22-19(25(3)12-16-9-14(20)11-24(16)2)23-10-17(26)13-27-18-7-5-15(21)6-8-18;/h5-9,11,17,26H,4,10,12-13H2,1-3H3,(H,22,23);1H. The highest BCUT2D eigenvalue weighted by Gasteiger charge is 2.11. The molecule has 0 amide bonds. The van der Waals surface area contributed by atoms with Gasteiger partial charge < -0.3 is 24.6 Å². The van der Waals surface area contributed by atoms with Gasteiger partial charge in [-0.15, -0.1) is 24.0 Å². The molecule has 9 heteroatoms. The molecule has 1 aromatic carbocycles. The topological polar surface area (TPSA) is 62.0 Å². The minimum Gasteiger partial charge on any atom is -0.491 e. The van der Waals surface area contributed by atoms with Gasteiger partial charge in [-0.1, -0.05) is 11.6 Å². The van der Waals surface area contributed by atoms with Gasteiger partial charge in [-0.2, -0.15) is 0 Å². The van der Waals surface area contributed by atoms with Crippen molar-refractivity contribution in [2.45, 2.75) is 19.6 Å². The molecule has 0 aliphatic rings. The van der Waals surface area contributed by atoms with Crippen LogP contribution in [-0.2, 0) is 13.6 Å². The van der Waals surface area contributed by atoms with Crippen molar-refractivity contribution in [3.05, 3.63) is 53.1 Å². The van der Waals surface area contributed by atoms with Crippen LogP contribution < -0.4 is 10.1 Å². The molecule has 0 radical (unpaired) electrons. The number of hydrogen-bond donors (Lipinski definition) is 2. The monoisotopic (exact) mass is 524 g/mol. The van der Waals surface area contributed by atoms with Crippen molar-refractivity contribution in [2.75, 3.05) is 26.7 Å². The molecule has 2 N–H and O–H groups in total. The Bertz CT molecular complexity index is 755. The number of aryl methyl sites for hydroxylation is 1. The van der Waals surface area contributed by atoms with E-state index in [9.17, 15) is 9.50 Å². The fourth-order valence-corrected chi connectivity index (χ4v) is 2.75. The summed E-state index contributed by atoms with van der Waals surface area (Å²) in [7, 11) is 3.86. The number of aliphatic imine (C=N–C) groups is 1. The molecule has 1 unspecified atom stereocenters. The second-order valence-electron chi connectivity index (χ2n) is 6.23. The Balaban J connectivity index is 0.00000392. The number of guanidine groups is 1. The van der Waals surface area contributed by atoms with E-state index in [2.05, 4.69) is 10.3 Å². The summed E-state index contributed by atoms with van der Waals surface area (Å²) >= 11 is 6.03. The predicted octanol–water partition coefficient (Wildman–Crippen LogP) is 3.27. The Morgan fingerprint density at radius 1 is 1.39 bits per heavy atom. The lowest BCUT2D eigenvalue weighted by molar-refractivity contribution is 0.114. The van der Waals surface area contributed by atoms with Crippen molar-refractivity contribution in [1.29, 1.82) is 0 Å². The molecule has 0 saturated heterocycles. The summed E-state index contributed by atoms with van der Waals surface area (Å²) in [6.07, 6.45) is 1.08. The van der Waals surface area contributed by atoms with Crippen molar-refractivity contribution < 1.29 is 14.2 Å². The highest BCUT2D eigenvalue weighted by atomic mass is 127. The number of aliphatic hydroxyl groups excluding tert-OH is 1. The van der Waals surface area contributed by atoms with Crippen LogP contribution in [0.3, 0.4) is 0 Å². The van der Waals surface area contributed by atoms with Crippen LogP contribution in [0.4, 0.5) is 4.39 Å². The van der Waals surface area contributed by atoms with Crippen molar-refractivity contribution in [1.82, 2.24) is 14.8 Å². The van der Waals surface area contributed by atoms with Gasteiger partial charge in [-0.05, 0) is 37.3 Å². The zero-order chi connectivity index (χ0) is 19.8. The van der Waals surface area contributed by atoms with Crippen LogP contribution in [0.25, 0.3) is 0 Å². The average molecular weight is 525 g/mol. The zero-order valence-electron chi connectivity index (χ0n) is 16.2. The second-order valence-corrected chi connectivity index (χ2v) is 6.67. The van der Waals surface area contributed by atoms with E-state index in [1.807, 2.05) is 42.7 Å². The molecule has 6 nitrogen and oxygen atoms in total. The smallest absolute Gasteiger partial charge is 0.194 e. The molecule has 0 spiro atoms. The minimum atomic E-state index is -0.776. The highest BCUT2D eigenvalue weighted by Crippen LogP contribution is 2.14. The minimum absolute atomic E-state index is 0. The van der Waals surface area contributed by atoms with Crippen molar-refractivity contribution in [2.24, 2.45) is 12.0 Å². The normalized spacial score (nSPS) is 12.3. The Labute approximate surface area is 187 Å². The summed E-state index contributed by atoms with van der Waals surface area (Å²) in [5.74, 6) is 0.852. The van der Waals surface area contributed by atoms with E-state index in [0.717, 1.165) is 5.69 Å². The molecule has 1 atom stereocenters. The van der Waals surface area contributed by atoms with Crippen LogP contribution in [0.1, 0.15) is 12.6 Å². The van der Waals surface area contributed by atoms with Gasteiger partial charge in [0.25, 0.3) is 0 Å². The maximum atomic E-state index is 12.9. The van der Waals surface area contributed by atoms with E-state index >= 15 is 0 Å². The first-order chi connectivity index (χ1) is 12.9. The lowest BCUT2D eigenvalue weighted by Crippen LogP contribution is -2.39. The van der Waals surface area contributed by atoms with Crippen LogP contribution in [0.5, 0.6) is 5.75 Å². The van der Waals surface area contributed by atoms with E-state index < -0.39 is 6.10 Å². The lowest BCUT2D eigenvalue weighted by atomic mass is 10.3. The van der Waals surface area contributed by atoms with Gasteiger partial charge >= 0.3 is 0 Å². The summed E-state index contributed by atoms with van der Waals surface area (Å²) in [6.45, 7) is 3.57. The number of nitrogens with zero attached hydrogens (tertiary/aromatic N) is 3. The summed E-state index contributed by atoms with van der Waals surface area (Å²) in [4.78, 5) is 6.43. The Kier molecular flexibility index (Phi) is 10.6. The van der Waals surface area contributed by atoms with Crippen LogP contribution in [-0.4, -0.2) is 53.4 Å². The van der Waals surface area contributed by atoms with Crippen molar-refractivity contribution in [3.8, 4) is 5.75 Å². The number of halogens is 3. The molecule has 1 aromatic heterocycles. The number of aromatic nitrogens is 1. The Morgan fingerprint density at radius 3 is 2.64 bits per heavy atom. The highest BCUT2D eigenvalue weighted by molar-refractivity contribution is 14.0. The third-order valence-electron chi connectivity index (χ3n) is 3.88. The number of hydrogen-bond acceptors (Lipinski definition) is 3. The Hall–Kier alpha value is -1.52. The maximum absolute atomic E-state index is 12.9. The molecule has 156 valence electrons. The molecule has 0 aliphatic carbocycles. The van der Waals surface area contributed by atoms with Gasteiger partial charge in [0, 0.05) is 32.5 Å². The molecule has 2 rings (SSSR count). The third-order valence-corrected chi connectivity index (χ3v) is 4.08. The lowest BCUT2D eigenvalue weighted by Gasteiger charge is -2.23. The van der Waals surface area contributed by atoms with Crippen LogP contribution in [0.15, 0.2) is 41.5 Å². The zero-order valence-corrected chi connectivity index (χ0v) is 19.3. The van der Waals surface area contributed by atoms with Crippen LogP contribution >= 0.6 is 35.6 Å². The van der Waals surface area contributed by atoms with Crippen molar-refractivity contribution >= 4 is 41.5 Å². The first kappa shape index (κ1) is 24.5. The number of benzene rings is 1. The Morgan fingerprint density at radius 2 is 2.07 bits per heavy atom. The SMILES string of the molecule is CCNC(=NCC(O)COc1ccc(F)cc1)N(C)Cc1cc(Cl)cn1C.I. The first-order valence-electron chi connectivity index (χ1n) is 8.75. The molecule has 0 bridgehead atoms. The van der Waals surface area contributed by atoms with E-state index in [1.165, 1.54) is 24.3 Å². The van der Waals surface area contributed by atoms with E-state index in [4.69, 9.17) is 16.3 Å². The largest absolute Gasteiger partial charge is 0.491 e. The number of aliphatic hydroxyl groups is 1. The predicted molar refractivity (Wildman–Crippen MR) is 121 cm³/mol. The van der Waals surface area contributed by atoms with Crippen LogP contribution in [0.2, 0.25) is 5.02 Å². The molecular formula is C19H27ClFIN4O2. The fourth-order valence-electron chi connectivity index (χ4n) is 2.48. The van der Waals surface area contributed by atoms with Gasteiger partial charge in [0.05, 0.1) is 18.1 Å². The molecule has 0 saturated carbocycles. The van der Waals surface area contributed by atoms with Gasteiger partial charge in [-0.3, -0.25) is 4.99 Å². The molecule has 28 heavy (non-hydrogen) atoms. The number of ether oxygens (including phenoxy) is 1. The third kappa shape index (κ3) is 7.84. The van der Waals surface area contributed by atoms with E-state index in [1.54, 1.807) is 0 Å². The van der Waals surface area contributed by atoms with Gasteiger partial charge in [0.2, 0.25) is 0 Å². The maximum Gasteiger partial charge on any atom is 0.194 e. The van der Waals surface area contributed by atoms with Gasteiger partial charge in [0.15, 0.2) is 5.96 Å². The fraction of sp³-hybridized carbons (Fsp3) is 0.421. The molecule has 1 heterocycles.